The molecule has 9 nitrogen and oxygen atoms in total. The summed E-state index contributed by atoms with van der Waals surface area (Å²) in [5.74, 6) is -0.913. The smallest absolute Gasteiger partial charge is 0.306 e. The third-order valence-corrected chi connectivity index (χ3v) is 4.32. The third-order valence-electron chi connectivity index (χ3n) is 4.12. The highest BCUT2D eigenvalue weighted by molar-refractivity contribution is 6.30. The predicted octanol–water partition coefficient (Wildman–Crippen LogP) is 3.52. The highest BCUT2D eigenvalue weighted by Crippen LogP contribution is 2.24. The first-order valence-electron chi connectivity index (χ1n) is 9.84. The molecule has 1 atom stereocenters. The fourth-order valence-electron chi connectivity index (χ4n) is 2.75. The number of aromatic nitrogens is 5. The van der Waals surface area contributed by atoms with Gasteiger partial charge in [0.05, 0.1) is 17.1 Å². The van der Waals surface area contributed by atoms with Crippen LogP contribution in [0.15, 0.2) is 36.5 Å². The molecule has 0 aliphatic heterocycles. The summed E-state index contributed by atoms with van der Waals surface area (Å²) in [7, 11) is 0. The summed E-state index contributed by atoms with van der Waals surface area (Å²) in [5, 5.41) is 22.1. The number of pyridine rings is 1. The van der Waals surface area contributed by atoms with Gasteiger partial charge in [0, 0.05) is 19.2 Å². The fraction of sp³-hybridized carbons (Fsp3) is 0.381. The van der Waals surface area contributed by atoms with Crippen LogP contribution < -0.4 is 4.74 Å². The first kappa shape index (κ1) is 23.6. The summed E-state index contributed by atoms with van der Waals surface area (Å²) in [6.45, 7) is 5.13. The molecule has 3 rings (SSSR count). The Morgan fingerprint density at radius 2 is 2.00 bits per heavy atom. The van der Waals surface area contributed by atoms with E-state index in [-0.39, 0.29) is 36.3 Å². The van der Waals surface area contributed by atoms with E-state index in [1.165, 1.54) is 11.0 Å². The van der Waals surface area contributed by atoms with Crippen LogP contribution in [0, 0.1) is 11.7 Å². The highest BCUT2D eigenvalue weighted by atomic mass is 35.5. The molecule has 0 spiro atoms. The molecule has 0 bridgehead atoms. The van der Waals surface area contributed by atoms with Gasteiger partial charge in [-0.3, -0.25) is 4.79 Å². The van der Waals surface area contributed by atoms with Crippen LogP contribution in [0.1, 0.15) is 33.0 Å². The quantitative estimate of drug-likeness (QED) is 0.505. The van der Waals surface area contributed by atoms with Crippen LogP contribution in [0.4, 0.5) is 4.39 Å². The molecule has 32 heavy (non-hydrogen) atoms. The lowest BCUT2D eigenvalue weighted by Crippen LogP contribution is -2.26. The van der Waals surface area contributed by atoms with Gasteiger partial charge in [0.15, 0.2) is 11.6 Å². The van der Waals surface area contributed by atoms with Gasteiger partial charge in [0.1, 0.15) is 11.4 Å². The molecule has 2 heterocycles. The predicted molar refractivity (Wildman–Crippen MR) is 113 cm³/mol. The number of esters is 1. The second-order valence-electron chi connectivity index (χ2n) is 8.07. The van der Waals surface area contributed by atoms with Crippen molar-refractivity contribution in [1.82, 2.24) is 25.2 Å². The number of carbonyl (C=O) groups is 1. The zero-order valence-corrected chi connectivity index (χ0v) is 18.6. The Bertz CT molecular complexity index is 1070. The van der Waals surface area contributed by atoms with Crippen LogP contribution >= 0.6 is 11.6 Å². The summed E-state index contributed by atoms with van der Waals surface area (Å²) < 4.78 is 24.5. The molecule has 11 heteroatoms. The van der Waals surface area contributed by atoms with Crippen molar-refractivity contribution < 1.29 is 23.8 Å². The lowest BCUT2D eigenvalue weighted by atomic mass is 10.0. The van der Waals surface area contributed by atoms with E-state index in [2.05, 4.69) is 20.4 Å². The standard InChI is InChI=1S/C21H23ClFN5O4/c1-21(2,3)32-19(30)9-13(12-29)8-18-25-27-28(26-18)15-4-6-16(7-5-15)31-20-17(23)10-14(22)11-24-20/h4-7,10-11,13,29H,8-9,12H2,1-3H3. The number of tetrazole rings is 1. The minimum absolute atomic E-state index is 0.0453. The van der Waals surface area contributed by atoms with Crippen LogP contribution in [0.2, 0.25) is 5.02 Å². The number of aliphatic hydroxyl groups is 1. The molecule has 0 fully saturated rings. The van der Waals surface area contributed by atoms with Gasteiger partial charge in [-0.25, -0.2) is 9.37 Å². The number of nitrogens with zero attached hydrogens (tertiary/aromatic N) is 5. The van der Waals surface area contributed by atoms with Gasteiger partial charge in [-0.15, -0.1) is 15.0 Å². The molecule has 0 saturated heterocycles. The molecule has 170 valence electrons. The minimum Gasteiger partial charge on any atom is -0.460 e. The Kier molecular flexibility index (Phi) is 7.37. The van der Waals surface area contributed by atoms with Crippen LogP contribution in [-0.4, -0.2) is 48.5 Å². The number of halogens is 2. The summed E-state index contributed by atoms with van der Waals surface area (Å²) in [4.78, 5) is 17.1. The maximum Gasteiger partial charge on any atom is 0.306 e. The summed E-state index contributed by atoms with van der Waals surface area (Å²) in [5.41, 5.74) is -0.00247. The first-order chi connectivity index (χ1) is 15.1. The van der Waals surface area contributed by atoms with Crippen LogP contribution in [0.3, 0.4) is 0 Å². The van der Waals surface area contributed by atoms with E-state index in [0.29, 0.717) is 17.3 Å². The molecule has 0 aliphatic rings. The van der Waals surface area contributed by atoms with E-state index in [1.54, 1.807) is 45.0 Å². The van der Waals surface area contributed by atoms with Crippen molar-refractivity contribution in [2.75, 3.05) is 6.61 Å². The molecule has 3 aromatic rings. The topological polar surface area (TPSA) is 112 Å². The molecule has 0 saturated carbocycles. The van der Waals surface area contributed by atoms with Crippen molar-refractivity contribution in [1.29, 1.82) is 0 Å². The molecule has 1 unspecified atom stereocenters. The van der Waals surface area contributed by atoms with E-state index in [9.17, 15) is 14.3 Å². The normalized spacial score (nSPS) is 12.4. The van der Waals surface area contributed by atoms with Crippen LogP contribution in [0.25, 0.3) is 5.69 Å². The molecule has 1 N–H and O–H groups in total. The number of benzene rings is 1. The average Bonchev–Trinajstić information content (AvgIpc) is 3.17. The van der Waals surface area contributed by atoms with Gasteiger partial charge >= 0.3 is 5.97 Å². The number of carbonyl (C=O) groups excluding carboxylic acids is 1. The zero-order chi connectivity index (χ0) is 23.3. The van der Waals surface area contributed by atoms with Crippen molar-refractivity contribution in [3.05, 3.63) is 53.2 Å². The van der Waals surface area contributed by atoms with Crippen LogP contribution in [0.5, 0.6) is 11.6 Å². The van der Waals surface area contributed by atoms with Gasteiger partial charge in [-0.2, -0.15) is 0 Å². The summed E-state index contributed by atoms with van der Waals surface area (Å²) in [6, 6.07) is 7.65. The van der Waals surface area contributed by atoms with Crippen molar-refractivity contribution in [2.24, 2.45) is 5.92 Å². The Hall–Kier alpha value is -3.11. The Labute approximate surface area is 189 Å². The maximum absolute atomic E-state index is 13.8. The number of aliphatic hydroxyl groups excluding tert-OH is 1. The van der Waals surface area contributed by atoms with Gasteiger partial charge < -0.3 is 14.6 Å². The Morgan fingerprint density at radius 3 is 2.62 bits per heavy atom. The zero-order valence-electron chi connectivity index (χ0n) is 17.8. The van der Waals surface area contributed by atoms with Crippen molar-refractivity contribution in [3.63, 3.8) is 0 Å². The lowest BCUT2D eigenvalue weighted by Gasteiger charge is -2.21. The van der Waals surface area contributed by atoms with Crippen molar-refractivity contribution in [2.45, 2.75) is 39.2 Å². The molecule has 0 radical (unpaired) electrons. The Morgan fingerprint density at radius 1 is 1.28 bits per heavy atom. The molecule has 1 aromatic carbocycles. The summed E-state index contributed by atoms with van der Waals surface area (Å²) in [6.07, 6.45) is 1.60. The molecule has 0 aliphatic carbocycles. The minimum atomic E-state index is -0.672. The number of hydrogen-bond donors (Lipinski definition) is 1. The molecule has 2 aromatic heterocycles. The second kappa shape index (κ2) is 10.0. The van der Waals surface area contributed by atoms with E-state index >= 15 is 0 Å². The first-order valence-corrected chi connectivity index (χ1v) is 10.2. The number of rotatable bonds is 8. The third kappa shape index (κ3) is 6.69. The highest BCUT2D eigenvalue weighted by Gasteiger charge is 2.22. The largest absolute Gasteiger partial charge is 0.460 e. The van der Waals surface area contributed by atoms with Crippen molar-refractivity contribution >= 4 is 17.6 Å². The average molecular weight is 464 g/mol. The Balaban J connectivity index is 1.62. The molecule has 0 amide bonds. The summed E-state index contributed by atoms with van der Waals surface area (Å²) >= 11 is 5.68. The van der Waals surface area contributed by atoms with Crippen molar-refractivity contribution in [3.8, 4) is 17.3 Å². The van der Waals surface area contributed by atoms with E-state index in [4.69, 9.17) is 21.1 Å². The van der Waals surface area contributed by atoms with Gasteiger partial charge in [0.2, 0.25) is 0 Å². The van der Waals surface area contributed by atoms with Crippen LogP contribution in [-0.2, 0) is 16.0 Å². The number of ether oxygens (including phenoxy) is 2. The number of hydrogen-bond acceptors (Lipinski definition) is 8. The van der Waals surface area contributed by atoms with E-state index in [0.717, 1.165) is 6.07 Å². The SMILES string of the molecule is CC(C)(C)OC(=O)CC(CO)Cc1nnn(-c2ccc(Oc3ncc(Cl)cc3F)cc2)n1. The monoisotopic (exact) mass is 463 g/mol. The lowest BCUT2D eigenvalue weighted by molar-refractivity contribution is -0.156. The molecular weight excluding hydrogens is 441 g/mol. The van der Waals surface area contributed by atoms with Gasteiger partial charge in [-0.1, -0.05) is 11.6 Å². The maximum atomic E-state index is 13.8. The second-order valence-corrected chi connectivity index (χ2v) is 8.51. The van der Waals surface area contributed by atoms with E-state index < -0.39 is 17.4 Å². The van der Waals surface area contributed by atoms with Gasteiger partial charge in [-0.05, 0) is 62.2 Å². The van der Waals surface area contributed by atoms with E-state index in [1.807, 2.05) is 0 Å². The van der Waals surface area contributed by atoms with Gasteiger partial charge in [0.25, 0.3) is 5.88 Å². The molecular formula is C21H23ClFN5O4. The fourth-order valence-corrected chi connectivity index (χ4v) is 2.89.